The molecule has 1 saturated heterocycles. The number of halogens is 1. The van der Waals surface area contributed by atoms with Crippen LogP contribution < -0.4 is 5.73 Å². The molecule has 82 valence electrons. The van der Waals surface area contributed by atoms with Crippen molar-refractivity contribution in [2.75, 3.05) is 19.6 Å². The third-order valence-corrected chi connectivity index (χ3v) is 2.89. The smallest absolute Gasteiger partial charge is 0.289 e. The van der Waals surface area contributed by atoms with Crippen LogP contribution in [0.2, 0.25) is 5.22 Å². The van der Waals surface area contributed by atoms with E-state index in [4.69, 9.17) is 21.8 Å². The average Bonchev–Trinajstić information content (AvgIpc) is 2.84. The van der Waals surface area contributed by atoms with Gasteiger partial charge in [-0.25, -0.2) is 0 Å². The van der Waals surface area contributed by atoms with Gasteiger partial charge in [0, 0.05) is 13.1 Å². The average molecular weight is 229 g/mol. The lowest BCUT2D eigenvalue weighted by atomic mass is 10.1. The molecule has 0 bridgehead atoms. The summed E-state index contributed by atoms with van der Waals surface area (Å²) >= 11 is 5.61. The summed E-state index contributed by atoms with van der Waals surface area (Å²) < 4.78 is 5.07. The summed E-state index contributed by atoms with van der Waals surface area (Å²) in [5.41, 5.74) is 5.56. The number of rotatable bonds is 2. The van der Waals surface area contributed by atoms with E-state index in [1.165, 1.54) is 0 Å². The SMILES string of the molecule is NCC1CCN(C(=O)c2ccc(Cl)o2)C1. The summed E-state index contributed by atoms with van der Waals surface area (Å²) in [6, 6.07) is 3.17. The van der Waals surface area contributed by atoms with E-state index in [1.54, 1.807) is 17.0 Å². The van der Waals surface area contributed by atoms with Gasteiger partial charge in [0.25, 0.3) is 5.91 Å². The van der Waals surface area contributed by atoms with Crippen molar-refractivity contribution >= 4 is 17.5 Å². The maximum atomic E-state index is 11.9. The third kappa shape index (κ3) is 2.16. The molecule has 1 fully saturated rings. The van der Waals surface area contributed by atoms with Crippen molar-refractivity contribution in [3.05, 3.63) is 23.1 Å². The van der Waals surface area contributed by atoms with Crippen LogP contribution in [0.4, 0.5) is 0 Å². The number of carbonyl (C=O) groups excluding carboxylic acids is 1. The fourth-order valence-electron chi connectivity index (χ4n) is 1.79. The Bertz CT molecular complexity index is 364. The number of hydrogen-bond donors (Lipinski definition) is 1. The molecule has 1 aliphatic rings. The van der Waals surface area contributed by atoms with Gasteiger partial charge in [-0.1, -0.05) is 0 Å². The summed E-state index contributed by atoms with van der Waals surface area (Å²) in [7, 11) is 0. The fraction of sp³-hybridized carbons (Fsp3) is 0.500. The van der Waals surface area contributed by atoms with Gasteiger partial charge in [-0.15, -0.1) is 0 Å². The zero-order valence-electron chi connectivity index (χ0n) is 8.28. The van der Waals surface area contributed by atoms with Gasteiger partial charge in [-0.05, 0) is 42.6 Å². The first kappa shape index (κ1) is 10.5. The van der Waals surface area contributed by atoms with Gasteiger partial charge in [0.1, 0.15) is 0 Å². The molecule has 0 aliphatic carbocycles. The molecular weight excluding hydrogens is 216 g/mol. The normalized spacial score (nSPS) is 20.9. The molecule has 1 aliphatic heterocycles. The lowest BCUT2D eigenvalue weighted by Gasteiger charge is -2.14. The van der Waals surface area contributed by atoms with Crippen LogP contribution in [0.1, 0.15) is 17.0 Å². The van der Waals surface area contributed by atoms with Crippen molar-refractivity contribution in [1.82, 2.24) is 4.90 Å². The Morgan fingerprint density at radius 3 is 3.00 bits per heavy atom. The molecule has 0 radical (unpaired) electrons. The number of carbonyl (C=O) groups is 1. The zero-order valence-corrected chi connectivity index (χ0v) is 9.04. The molecule has 1 aromatic rings. The maximum absolute atomic E-state index is 11.9. The number of hydrogen-bond acceptors (Lipinski definition) is 3. The largest absolute Gasteiger partial charge is 0.440 e. The predicted molar refractivity (Wildman–Crippen MR) is 56.8 cm³/mol. The number of likely N-dealkylation sites (tertiary alicyclic amines) is 1. The van der Waals surface area contributed by atoms with Crippen molar-refractivity contribution in [3.63, 3.8) is 0 Å². The second-order valence-electron chi connectivity index (χ2n) is 3.75. The molecule has 1 unspecified atom stereocenters. The van der Waals surface area contributed by atoms with Crippen molar-refractivity contribution in [2.45, 2.75) is 6.42 Å². The first-order chi connectivity index (χ1) is 7.20. The van der Waals surface area contributed by atoms with Crippen LogP contribution in [0, 0.1) is 5.92 Å². The van der Waals surface area contributed by atoms with Crippen LogP contribution in [-0.4, -0.2) is 30.4 Å². The van der Waals surface area contributed by atoms with E-state index in [1.807, 2.05) is 0 Å². The molecule has 1 amide bonds. The van der Waals surface area contributed by atoms with E-state index in [0.717, 1.165) is 13.0 Å². The zero-order chi connectivity index (χ0) is 10.8. The van der Waals surface area contributed by atoms with Crippen molar-refractivity contribution < 1.29 is 9.21 Å². The highest BCUT2D eigenvalue weighted by Crippen LogP contribution is 2.20. The molecule has 2 N–H and O–H groups in total. The van der Waals surface area contributed by atoms with E-state index >= 15 is 0 Å². The fourth-order valence-corrected chi connectivity index (χ4v) is 1.94. The Labute approximate surface area is 93.0 Å². The minimum absolute atomic E-state index is 0.0992. The van der Waals surface area contributed by atoms with Crippen molar-refractivity contribution in [2.24, 2.45) is 11.7 Å². The minimum Gasteiger partial charge on any atom is -0.440 e. The Hall–Kier alpha value is -1.00. The summed E-state index contributed by atoms with van der Waals surface area (Å²) in [5, 5.41) is 0.243. The number of furan rings is 1. The lowest BCUT2D eigenvalue weighted by molar-refractivity contribution is 0.0756. The molecule has 15 heavy (non-hydrogen) atoms. The second kappa shape index (κ2) is 4.24. The molecule has 0 aromatic carbocycles. The second-order valence-corrected chi connectivity index (χ2v) is 4.12. The van der Waals surface area contributed by atoms with Gasteiger partial charge >= 0.3 is 0 Å². The van der Waals surface area contributed by atoms with E-state index < -0.39 is 0 Å². The van der Waals surface area contributed by atoms with Gasteiger partial charge in [-0.3, -0.25) is 4.79 Å². The number of nitrogens with two attached hydrogens (primary N) is 1. The molecule has 5 heteroatoms. The summed E-state index contributed by atoms with van der Waals surface area (Å²) in [4.78, 5) is 13.6. The molecule has 2 heterocycles. The molecule has 2 rings (SSSR count). The highest BCUT2D eigenvalue weighted by Gasteiger charge is 2.27. The molecule has 0 spiro atoms. The highest BCUT2D eigenvalue weighted by molar-refractivity contribution is 6.29. The first-order valence-electron chi connectivity index (χ1n) is 4.95. The third-order valence-electron chi connectivity index (χ3n) is 2.69. The standard InChI is InChI=1S/C10H13ClN2O2/c11-9-2-1-8(15-9)10(14)13-4-3-7(5-12)6-13/h1-2,7H,3-6,12H2. The summed E-state index contributed by atoms with van der Waals surface area (Å²) in [5.74, 6) is 0.620. The minimum atomic E-state index is -0.0992. The van der Waals surface area contributed by atoms with Crippen LogP contribution in [0.25, 0.3) is 0 Å². The van der Waals surface area contributed by atoms with Gasteiger partial charge in [-0.2, -0.15) is 0 Å². The van der Waals surface area contributed by atoms with Gasteiger partial charge in [0.15, 0.2) is 11.0 Å². The topological polar surface area (TPSA) is 59.5 Å². The van der Waals surface area contributed by atoms with Crippen LogP contribution in [0.15, 0.2) is 16.5 Å². The van der Waals surface area contributed by atoms with Crippen LogP contribution >= 0.6 is 11.6 Å². The highest BCUT2D eigenvalue weighted by atomic mass is 35.5. The Balaban J connectivity index is 2.03. The van der Waals surface area contributed by atoms with E-state index in [-0.39, 0.29) is 11.1 Å². The molecule has 4 nitrogen and oxygen atoms in total. The van der Waals surface area contributed by atoms with Crippen LogP contribution in [0.3, 0.4) is 0 Å². The maximum Gasteiger partial charge on any atom is 0.289 e. The van der Waals surface area contributed by atoms with Gasteiger partial charge in [0.05, 0.1) is 0 Å². The number of nitrogens with zero attached hydrogens (tertiary/aromatic N) is 1. The van der Waals surface area contributed by atoms with Crippen LogP contribution in [0.5, 0.6) is 0 Å². The molecular formula is C10H13ClN2O2. The van der Waals surface area contributed by atoms with E-state index in [9.17, 15) is 4.79 Å². The van der Waals surface area contributed by atoms with Crippen LogP contribution in [-0.2, 0) is 0 Å². The first-order valence-corrected chi connectivity index (χ1v) is 5.33. The Kier molecular flexibility index (Phi) is 2.98. The van der Waals surface area contributed by atoms with E-state index in [0.29, 0.717) is 24.8 Å². The quantitative estimate of drug-likeness (QED) is 0.832. The number of amides is 1. The van der Waals surface area contributed by atoms with E-state index in [2.05, 4.69) is 0 Å². The predicted octanol–water partition coefficient (Wildman–Crippen LogP) is 1.35. The Morgan fingerprint density at radius 2 is 2.47 bits per heavy atom. The lowest BCUT2D eigenvalue weighted by Crippen LogP contribution is -2.29. The Morgan fingerprint density at radius 1 is 1.67 bits per heavy atom. The monoisotopic (exact) mass is 228 g/mol. The van der Waals surface area contributed by atoms with Crippen molar-refractivity contribution in [3.8, 4) is 0 Å². The van der Waals surface area contributed by atoms with Crippen molar-refractivity contribution in [1.29, 1.82) is 0 Å². The molecule has 0 saturated carbocycles. The molecule has 1 atom stereocenters. The summed E-state index contributed by atoms with van der Waals surface area (Å²) in [6.45, 7) is 2.09. The van der Waals surface area contributed by atoms with Gasteiger partial charge < -0.3 is 15.1 Å². The van der Waals surface area contributed by atoms with Gasteiger partial charge in [0.2, 0.25) is 0 Å². The summed E-state index contributed by atoms with van der Waals surface area (Å²) in [6.07, 6.45) is 0.969. The molecule has 1 aromatic heterocycles.